The van der Waals surface area contributed by atoms with Gasteiger partial charge in [-0.05, 0) is 39.3 Å². The lowest BCUT2D eigenvalue weighted by atomic mass is 11.3. The summed E-state index contributed by atoms with van der Waals surface area (Å²) in [5, 5.41) is 0. The summed E-state index contributed by atoms with van der Waals surface area (Å²) in [4.78, 5) is 0. The van der Waals surface area contributed by atoms with Crippen LogP contribution in [0.15, 0.2) is 0 Å². The van der Waals surface area contributed by atoms with Crippen LogP contribution in [0.2, 0.25) is 39.3 Å². The van der Waals surface area contributed by atoms with Crippen LogP contribution in [0, 0.1) is 0 Å². The van der Waals surface area contributed by atoms with E-state index in [9.17, 15) is 0 Å². The Balaban J connectivity index is 4.32. The topological polar surface area (TPSA) is 27.7 Å². The van der Waals surface area contributed by atoms with Crippen LogP contribution >= 0.6 is 0 Å². The Morgan fingerprint density at radius 1 is 0.714 bits per heavy atom. The maximum Gasteiger partial charge on any atom is 0.220 e. The Morgan fingerprint density at radius 3 is 1.07 bits per heavy atom. The number of hydrogen-bond acceptors (Lipinski definition) is 3. The van der Waals surface area contributed by atoms with Gasteiger partial charge in [-0.1, -0.05) is 0 Å². The van der Waals surface area contributed by atoms with Gasteiger partial charge in [0.15, 0.2) is 10.2 Å². The van der Waals surface area contributed by atoms with Crippen LogP contribution < -0.4 is 0 Å². The molecule has 0 aromatic heterocycles. The van der Waals surface area contributed by atoms with Crippen molar-refractivity contribution >= 4 is 37.4 Å². The molecule has 14 heavy (non-hydrogen) atoms. The molecular weight excluding hydrogens is 244 g/mol. The van der Waals surface area contributed by atoms with Crippen molar-refractivity contribution in [3.05, 3.63) is 0 Å². The average Bonchev–Trinajstić information content (AvgIpc) is 1.76. The molecule has 0 aromatic rings. The van der Waals surface area contributed by atoms with Gasteiger partial charge in [0.25, 0.3) is 0 Å². The molecule has 0 spiro atoms. The summed E-state index contributed by atoms with van der Waals surface area (Å²) >= 11 is 0. The van der Waals surface area contributed by atoms with E-state index in [1.54, 1.807) is 0 Å². The fourth-order valence-electron chi connectivity index (χ4n) is 0.869. The zero-order valence-corrected chi connectivity index (χ0v) is 13.7. The molecule has 0 unspecified atom stereocenters. The number of hydrogen-bond donors (Lipinski definition) is 0. The maximum absolute atomic E-state index is 5.68. The van der Waals surface area contributed by atoms with E-state index in [2.05, 4.69) is 49.5 Å². The van der Waals surface area contributed by atoms with Crippen molar-refractivity contribution in [1.29, 1.82) is 0 Å². The molecule has 0 fully saturated rings. The molecule has 0 heterocycles. The molecule has 3 nitrogen and oxygen atoms in total. The minimum atomic E-state index is -0.993. The van der Waals surface area contributed by atoms with Gasteiger partial charge in [-0.3, -0.25) is 0 Å². The second-order valence-electron chi connectivity index (χ2n) is 3.59. The summed E-state index contributed by atoms with van der Waals surface area (Å²) in [5.41, 5.74) is -0.993. The van der Waals surface area contributed by atoms with Crippen LogP contribution in [0.1, 0.15) is 0 Å². The molecule has 6 radical (unpaired) electrons. The van der Waals surface area contributed by atoms with Crippen LogP contribution in [0.25, 0.3) is 0 Å². The second-order valence-corrected chi connectivity index (χ2v) is 10.3. The van der Waals surface area contributed by atoms with Crippen molar-refractivity contribution in [3.63, 3.8) is 0 Å². The summed E-state index contributed by atoms with van der Waals surface area (Å²) in [6.07, 6.45) is 0. The lowest BCUT2D eigenvalue weighted by molar-refractivity contribution is -0.192. The summed E-state index contributed by atoms with van der Waals surface area (Å²) in [6, 6.07) is 0. The minimum absolute atomic E-state index is 0.847. The summed E-state index contributed by atoms with van der Waals surface area (Å²) in [7, 11) is 0.910. The van der Waals surface area contributed by atoms with Crippen molar-refractivity contribution in [3.8, 4) is 0 Å². The highest BCUT2D eigenvalue weighted by atomic mass is 28.3. The quantitative estimate of drug-likeness (QED) is 0.537. The molecule has 0 rings (SSSR count). The number of rotatable bonds is 6. The Bertz CT molecular complexity index is 136. The van der Waals surface area contributed by atoms with Crippen molar-refractivity contribution in [2.75, 3.05) is 0 Å². The van der Waals surface area contributed by atoms with Gasteiger partial charge in [0.05, 0.1) is 0 Å². The Labute approximate surface area is 95.7 Å². The lowest BCUT2D eigenvalue weighted by Crippen LogP contribution is -2.48. The monoisotopic (exact) mass is 262 g/mol. The Morgan fingerprint density at radius 2 is 0.929 bits per heavy atom. The van der Waals surface area contributed by atoms with Crippen molar-refractivity contribution in [2.45, 2.75) is 44.9 Å². The molecule has 0 aliphatic rings. The van der Waals surface area contributed by atoms with E-state index < -0.39 is 32.7 Å². The maximum atomic E-state index is 5.68. The third-order valence-corrected chi connectivity index (χ3v) is 3.96. The third kappa shape index (κ3) is 7.09. The molecule has 0 aromatic carbocycles. The van der Waals surface area contributed by atoms with Crippen LogP contribution in [0.3, 0.4) is 0 Å². The predicted octanol–water partition coefficient (Wildman–Crippen LogP) is 1.57. The fraction of sp³-hybridized carbons (Fsp3) is 1.00. The van der Waals surface area contributed by atoms with E-state index in [-0.39, 0.29) is 0 Å². The van der Waals surface area contributed by atoms with E-state index >= 15 is 0 Å². The Kier molecular flexibility index (Phi) is 6.70. The molecular formula is C7H18O3Si4. The normalized spacial score (nSPS) is 13.3. The van der Waals surface area contributed by atoms with Crippen LogP contribution in [-0.2, 0) is 13.3 Å². The molecule has 0 amide bonds. The van der Waals surface area contributed by atoms with Crippen LogP contribution in [0.5, 0.6) is 0 Å². The third-order valence-electron chi connectivity index (χ3n) is 1.02. The van der Waals surface area contributed by atoms with E-state index in [4.69, 9.17) is 13.3 Å². The SMILES string of the molecule is C[Si](C)OC([Si])(O[Si](C)C)O[Si](C)C. The average molecular weight is 263 g/mol. The van der Waals surface area contributed by atoms with E-state index in [0.717, 1.165) is 0 Å². The first-order valence-corrected chi connectivity index (χ1v) is 12.2. The van der Waals surface area contributed by atoms with Gasteiger partial charge in [-0.15, -0.1) is 0 Å². The van der Waals surface area contributed by atoms with E-state index in [0.29, 0.717) is 0 Å². The van der Waals surface area contributed by atoms with Gasteiger partial charge >= 0.3 is 0 Å². The highest BCUT2D eigenvalue weighted by molar-refractivity contribution is 6.52. The van der Waals surface area contributed by atoms with Crippen molar-refractivity contribution in [1.82, 2.24) is 0 Å². The van der Waals surface area contributed by atoms with Gasteiger partial charge in [-0.2, -0.15) is 0 Å². The van der Waals surface area contributed by atoms with Gasteiger partial charge in [-0.25, -0.2) is 0 Å². The van der Waals surface area contributed by atoms with Crippen molar-refractivity contribution < 1.29 is 13.3 Å². The predicted molar refractivity (Wildman–Crippen MR) is 64.2 cm³/mol. The minimum Gasteiger partial charge on any atom is -0.375 e. The summed E-state index contributed by atoms with van der Waals surface area (Å²) in [5.74, 6) is 0. The van der Waals surface area contributed by atoms with E-state index in [1.165, 1.54) is 0 Å². The van der Waals surface area contributed by atoms with Crippen LogP contribution in [-0.4, -0.2) is 43.0 Å². The molecule has 0 bridgehead atoms. The molecule has 7 heteroatoms. The fourth-order valence-corrected chi connectivity index (χ4v) is 4.82. The molecule has 0 saturated carbocycles. The first-order chi connectivity index (χ1) is 6.25. The Hall–Kier alpha value is 0.748. The summed E-state index contributed by atoms with van der Waals surface area (Å²) in [6.45, 7) is 12.3. The van der Waals surface area contributed by atoms with Gasteiger partial charge in [0.2, 0.25) is 32.7 Å². The zero-order valence-electron chi connectivity index (χ0n) is 9.72. The largest absolute Gasteiger partial charge is 0.375 e. The molecule has 0 saturated heterocycles. The van der Waals surface area contributed by atoms with E-state index in [1.807, 2.05) is 0 Å². The molecule has 0 aliphatic heterocycles. The van der Waals surface area contributed by atoms with Crippen molar-refractivity contribution in [2.24, 2.45) is 0 Å². The smallest absolute Gasteiger partial charge is 0.220 e. The van der Waals surface area contributed by atoms with Gasteiger partial charge in [0, 0.05) is 0 Å². The standard InChI is InChI=1S/C7H18O3Si4/c1-12(2)8-7(11,9-13(3)4)10-14(5)6/h1-6H3. The highest BCUT2D eigenvalue weighted by Gasteiger charge is 2.31. The van der Waals surface area contributed by atoms with Crippen LogP contribution in [0.4, 0.5) is 0 Å². The first-order valence-electron chi connectivity index (χ1n) is 4.47. The lowest BCUT2D eigenvalue weighted by Gasteiger charge is -2.35. The van der Waals surface area contributed by atoms with Gasteiger partial charge < -0.3 is 13.3 Å². The molecule has 0 N–H and O–H groups in total. The first kappa shape index (κ1) is 14.7. The second kappa shape index (κ2) is 6.36. The zero-order chi connectivity index (χ0) is 11.4. The highest BCUT2D eigenvalue weighted by Crippen LogP contribution is 2.15. The molecule has 0 aliphatic carbocycles. The van der Waals surface area contributed by atoms with Gasteiger partial charge in [0.1, 0.15) is 0 Å². The molecule has 0 atom stereocenters. The molecule has 80 valence electrons. The summed E-state index contributed by atoms with van der Waals surface area (Å²) < 4.78 is 17.0.